The molecule has 0 bridgehead atoms. The third kappa shape index (κ3) is 1.61. The summed E-state index contributed by atoms with van der Waals surface area (Å²) >= 11 is 1.50. The van der Waals surface area contributed by atoms with Gasteiger partial charge in [0.15, 0.2) is 0 Å². The van der Waals surface area contributed by atoms with Crippen molar-refractivity contribution in [3.8, 4) is 0 Å². The van der Waals surface area contributed by atoms with Gasteiger partial charge in [-0.3, -0.25) is 9.48 Å². The first-order chi connectivity index (χ1) is 6.66. The Morgan fingerprint density at radius 2 is 2.21 bits per heavy atom. The van der Waals surface area contributed by atoms with Gasteiger partial charge in [0.1, 0.15) is 5.69 Å². The molecular weight excluding hydrogens is 196 g/mol. The largest absolute Gasteiger partial charge is 0.286 e. The van der Waals surface area contributed by atoms with Crippen molar-refractivity contribution in [2.24, 2.45) is 7.05 Å². The van der Waals surface area contributed by atoms with Gasteiger partial charge in [-0.15, -0.1) is 11.3 Å². The van der Waals surface area contributed by atoms with Crippen LogP contribution in [0, 0.1) is 6.92 Å². The molecule has 0 aliphatic heterocycles. The molecule has 14 heavy (non-hydrogen) atoms. The Balaban J connectivity index is 2.33. The fourth-order valence-corrected chi connectivity index (χ4v) is 2.04. The normalized spacial score (nSPS) is 10.4. The highest BCUT2D eigenvalue weighted by atomic mass is 32.1. The quantitative estimate of drug-likeness (QED) is 0.705. The molecule has 2 heterocycles. The van der Waals surface area contributed by atoms with Crippen LogP contribution in [0.1, 0.15) is 20.2 Å². The molecule has 0 amide bonds. The van der Waals surface area contributed by atoms with Crippen molar-refractivity contribution in [1.29, 1.82) is 0 Å². The molecule has 2 rings (SSSR count). The Bertz CT molecular complexity index is 428. The molecule has 0 saturated carbocycles. The minimum Gasteiger partial charge on any atom is -0.286 e. The molecule has 3 nitrogen and oxygen atoms in total. The van der Waals surface area contributed by atoms with Crippen LogP contribution in [-0.4, -0.2) is 15.6 Å². The molecule has 0 unspecified atom stereocenters. The lowest BCUT2D eigenvalue weighted by molar-refractivity contribution is 0.103. The van der Waals surface area contributed by atoms with E-state index in [1.54, 1.807) is 24.0 Å². The fourth-order valence-electron chi connectivity index (χ4n) is 1.22. The number of carbonyl (C=O) groups is 1. The Kier molecular flexibility index (Phi) is 2.21. The standard InChI is InChI=1S/C10H10N2OS/c1-7-3-4-9(14-7)10(13)8-5-6-12(2)11-8/h3-6H,1-2H3. The van der Waals surface area contributed by atoms with Gasteiger partial charge in [-0.1, -0.05) is 0 Å². The smallest absolute Gasteiger partial charge is 0.223 e. The second kappa shape index (κ2) is 3.38. The van der Waals surface area contributed by atoms with E-state index in [-0.39, 0.29) is 5.78 Å². The zero-order valence-corrected chi connectivity index (χ0v) is 8.84. The minimum absolute atomic E-state index is 0.00343. The van der Waals surface area contributed by atoms with Gasteiger partial charge in [0.25, 0.3) is 0 Å². The fraction of sp³-hybridized carbons (Fsp3) is 0.200. The van der Waals surface area contributed by atoms with E-state index < -0.39 is 0 Å². The van der Waals surface area contributed by atoms with Crippen molar-refractivity contribution in [3.05, 3.63) is 39.8 Å². The summed E-state index contributed by atoms with van der Waals surface area (Å²) in [7, 11) is 1.80. The maximum Gasteiger partial charge on any atom is 0.223 e. The molecule has 0 saturated heterocycles. The zero-order chi connectivity index (χ0) is 10.1. The zero-order valence-electron chi connectivity index (χ0n) is 8.02. The summed E-state index contributed by atoms with van der Waals surface area (Å²) in [5, 5.41) is 4.07. The van der Waals surface area contributed by atoms with Crippen molar-refractivity contribution < 1.29 is 4.79 Å². The average Bonchev–Trinajstić information content (AvgIpc) is 2.73. The lowest BCUT2D eigenvalue weighted by Gasteiger charge is -1.90. The van der Waals surface area contributed by atoms with Crippen LogP contribution in [0.3, 0.4) is 0 Å². The summed E-state index contributed by atoms with van der Waals surface area (Å²) in [5.41, 5.74) is 0.509. The van der Waals surface area contributed by atoms with Crippen LogP contribution in [0.2, 0.25) is 0 Å². The number of nitrogens with zero attached hydrogens (tertiary/aromatic N) is 2. The number of hydrogen-bond donors (Lipinski definition) is 0. The minimum atomic E-state index is 0.00343. The van der Waals surface area contributed by atoms with Crippen LogP contribution < -0.4 is 0 Å². The number of aryl methyl sites for hydroxylation is 2. The molecule has 72 valence electrons. The molecule has 0 N–H and O–H groups in total. The van der Waals surface area contributed by atoms with Gasteiger partial charge in [0.05, 0.1) is 4.88 Å². The Labute approximate surface area is 86.0 Å². The van der Waals surface area contributed by atoms with Crippen molar-refractivity contribution >= 4 is 17.1 Å². The summed E-state index contributed by atoms with van der Waals surface area (Å²) < 4.78 is 1.63. The van der Waals surface area contributed by atoms with E-state index in [0.717, 1.165) is 9.75 Å². The first-order valence-corrected chi connectivity index (χ1v) is 5.09. The molecule has 4 heteroatoms. The summed E-state index contributed by atoms with van der Waals surface area (Å²) in [4.78, 5) is 13.7. The molecule has 0 aliphatic rings. The maximum absolute atomic E-state index is 11.8. The molecule has 0 fully saturated rings. The Morgan fingerprint density at radius 1 is 1.43 bits per heavy atom. The van der Waals surface area contributed by atoms with Gasteiger partial charge in [-0.05, 0) is 25.1 Å². The van der Waals surface area contributed by atoms with Crippen LogP contribution in [-0.2, 0) is 7.05 Å². The third-order valence-corrected chi connectivity index (χ3v) is 2.91. The maximum atomic E-state index is 11.8. The number of aromatic nitrogens is 2. The third-order valence-electron chi connectivity index (χ3n) is 1.91. The summed E-state index contributed by atoms with van der Waals surface area (Å²) in [6.45, 7) is 1.99. The van der Waals surface area contributed by atoms with Gasteiger partial charge in [-0.25, -0.2) is 0 Å². The van der Waals surface area contributed by atoms with E-state index >= 15 is 0 Å². The monoisotopic (exact) mass is 206 g/mol. The van der Waals surface area contributed by atoms with Crippen LogP contribution in [0.25, 0.3) is 0 Å². The van der Waals surface area contributed by atoms with Crippen LogP contribution in [0.15, 0.2) is 24.4 Å². The second-order valence-electron chi connectivity index (χ2n) is 3.11. The number of hydrogen-bond acceptors (Lipinski definition) is 3. The Hall–Kier alpha value is -1.42. The molecule has 2 aromatic rings. The summed E-state index contributed by atoms with van der Waals surface area (Å²) in [6, 6.07) is 5.52. The van der Waals surface area contributed by atoms with E-state index in [1.165, 1.54) is 11.3 Å². The van der Waals surface area contributed by atoms with Gasteiger partial charge < -0.3 is 0 Å². The van der Waals surface area contributed by atoms with Gasteiger partial charge >= 0.3 is 0 Å². The molecule has 0 radical (unpaired) electrons. The van der Waals surface area contributed by atoms with Crippen molar-refractivity contribution in [2.75, 3.05) is 0 Å². The van der Waals surface area contributed by atoms with Gasteiger partial charge in [0.2, 0.25) is 5.78 Å². The highest BCUT2D eigenvalue weighted by Crippen LogP contribution is 2.18. The van der Waals surface area contributed by atoms with E-state index in [1.807, 2.05) is 19.1 Å². The van der Waals surface area contributed by atoms with Crippen molar-refractivity contribution in [2.45, 2.75) is 6.92 Å². The highest BCUT2D eigenvalue weighted by Gasteiger charge is 2.13. The number of carbonyl (C=O) groups excluding carboxylic acids is 1. The number of ketones is 1. The van der Waals surface area contributed by atoms with E-state index in [2.05, 4.69) is 5.10 Å². The van der Waals surface area contributed by atoms with Crippen molar-refractivity contribution in [3.63, 3.8) is 0 Å². The molecule has 0 spiro atoms. The van der Waals surface area contributed by atoms with Crippen LogP contribution >= 0.6 is 11.3 Å². The van der Waals surface area contributed by atoms with E-state index in [4.69, 9.17) is 0 Å². The van der Waals surface area contributed by atoms with Crippen LogP contribution in [0.4, 0.5) is 0 Å². The first-order valence-electron chi connectivity index (χ1n) is 4.27. The highest BCUT2D eigenvalue weighted by molar-refractivity contribution is 7.14. The number of rotatable bonds is 2. The lowest BCUT2D eigenvalue weighted by Crippen LogP contribution is -2.00. The first kappa shape index (κ1) is 9.15. The van der Waals surface area contributed by atoms with Gasteiger partial charge in [0, 0.05) is 18.1 Å². The molecule has 0 atom stereocenters. The SMILES string of the molecule is Cc1ccc(C(=O)c2ccn(C)n2)s1. The topological polar surface area (TPSA) is 34.9 Å². The number of thiophene rings is 1. The summed E-state index contributed by atoms with van der Waals surface area (Å²) in [5.74, 6) is 0.00343. The van der Waals surface area contributed by atoms with Crippen molar-refractivity contribution in [1.82, 2.24) is 9.78 Å². The Morgan fingerprint density at radius 3 is 2.71 bits per heavy atom. The average molecular weight is 206 g/mol. The van der Waals surface area contributed by atoms with E-state index in [9.17, 15) is 4.79 Å². The summed E-state index contributed by atoms with van der Waals surface area (Å²) in [6.07, 6.45) is 1.77. The predicted octanol–water partition coefficient (Wildman–Crippen LogP) is 2.02. The molecule has 0 aliphatic carbocycles. The molecular formula is C10H10N2OS. The molecule has 2 aromatic heterocycles. The van der Waals surface area contributed by atoms with E-state index in [0.29, 0.717) is 5.69 Å². The van der Waals surface area contributed by atoms with Crippen LogP contribution in [0.5, 0.6) is 0 Å². The van der Waals surface area contributed by atoms with Gasteiger partial charge in [-0.2, -0.15) is 5.10 Å². The predicted molar refractivity (Wildman–Crippen MR) is 55.7 cm³/mol. The lowest BCUT2D eigenvalue weighted by atomic mass is 10.2. The second-order valence-corrected chi connectivity index (χ2v) is 4.40. The molecule has 0 aromatic carbocycles.